The normalized spacial score (nSPS) is 11.8. The minimum absolute atomic E-state index is 1.09. The molecule has 13 aromatic rings. The standard InChI is InChI=1S/C60H39N3S/c1-2-12-44(13-3-1)62-57-20-10-6-16-51(57)53-38-42(26-36-58(53)62)40-22-28-45(29-23-40)61(46-30-24-41(25-31-46)43-27-37-60-54(39-43)52-17-7-11-21-59(52)64-60)47-32-34-48(35-33-47)63-55-18-8-4-14-49(55)50-15-5-9-19-56(50)63/h1-39H. The number of benzene rings is 10. The monoisotopic (exact) mass is 833 g/mol. The molecule has 0 saturated carbocycles. The van der Waals surface area contributed by atoms with Crippen LogP contribution < -0.4 is 4.90 Å². The van der Waals surface area contributed by atoms with Crippen LogP contribution >= 0.6 is 11.3 Å². The highest BCUT2D eigenvalue weighted by Gasteiger charge is 2.18. The zero-order valence-electron chi connectivity index (χ0n) is 34.8. The van der Waals surface area contributed by atoms with Gasteiger partial charge in [0.15, 0.2) is 0 Å². The van der Waals surface area contributed by atoms with Crippen molar-refractivity contribution in [2.24, 2.45) is 0 Å². The summed E-state index contributed by atoms with van der Waals surface area (Å²) in [6.45, 7) is 0. The molecule has 3 heterocycles. The van der Waals surface area contributed by atoms with Gasteiger partial charge in [-0.1, -0.05) is 127 Å². The fourth-order valence-corrected chi connectivity index (χ4v) is 11.0. The number of fused-ring (bicyclic) bond motifs is 9. The van der Waals surface area contributed by atoms with Gasteiger partial charge < -0.3 is 14.0 Å². The first-order chi connectivity index (χ1) is 31.7. The summed E-state index contributed by atoms with van der Waals surface area (Å²) < 4.78 is 7.39. The van der Waals surface area contributed by atoms with Crippen molar-refractivity contribution >= 4 is 92.2 Å². The van der Waals surface area contributed by atoms with Crippen LogP contribution in [0.2, 0.25) is 0 Å². The zero-order valence-corrected chi connectivity index (χ0v) is 35.6. The molecule has 0 radical (unpaired) electrons. The molecule has 0 amide bonds. The lowest BCUT2D eigenvalue weighted by Gasteiger charge is -2.26. The molecule has 3 nitrogen and oxygen atoms in total. The second-order valence-corrected chi connectivity index (χ2v) is 17.6. The van der Waals surface area contributed by atoms with E-state index in [4.69, 9.17) is 0 Å². The second kappa shape index (κ2) is 14.7. The number of aromatic nitrogens is 2. The van der Waals surface area contributed by atoms with Crippen LogP contribution in [0.4, 0.5) is 17.1 Å². The van der Waals surface area contributed by atoms with Gasteiger partial charge in [-0.2, -0.15) is 0 Å². The summed E-state index contributed by atoms with van der Waals surface area (Å²) in [7, 11) is 0. The van der Waals surface area contributed by atoms with E-state index < -0.39 is 0 Å². The predicted octanol–water partition coefficient (Wildman–Crippen LogP) is 17.1. The van der Waals surface area contributed by atoms with Gasteiger partial charge in [0.1, 0.15) is 0 Å². The van der Waals surface area contributed by atoms with E-state index in [0.717, 1.165) is 22.7 Å². The Balaban J connectivity index is 0.901. The van der Waals surface area contributed by atoms with Crippen LogP contribution in [-0.4, -0.2) is 9.13 Å². The van der Waals surface area contributed by atoms with Gasteiger partial charge in [0.05, 0.1) is 22.1 Å². The number of hydrogen-bond donors (Lipinski definition) is 0. The average Bonchev–Trinajstić information content (AvgIpc) is 4.02. The number of anilines is 3. The first-order valence-corrected chi connectivity index (χ1v) is 22.6. The summed E-state index contributed by atoms with van der Waals surface area (Å²) >= 11 is 1.86. The van der Waals surface area contributed by atoms with Crippen LogP contribution in [0.1, 0.15) is 0 Å². The molecular weight excluding hydrogens is 795 g/mol. The highest BCUT2D eigenvalue weighted by molar-refractivity contribution is 7.25. The molecule has 3 aromatic heterocycles. The van der Waals surface area contributed by atoms with Gasteiger partial charge >= 0.3 is 0 Å². The summed E-state index contributed by atoms with van der Waals surface area (Å²) in [6.07, 6.45) is 0. The highest BCUT2D eigenvalue weighted by Crippen LogP contribution is 2.41. The van der Waals surface area contributed by atoms with Crippen molar-refractivity contribution in [2.45, 2.75) is 0 Å². The van der Waals surface area contributed by atoms with E-state index in [0.29, 0.717) is 0 Å². The van der Waals surface area contributed by atoms with Crippen molar-refractivity contribution < 1.29 is 0 Å². The Morgan fingerprint density at radius 1 is 0.266 bits per heavy atom. The van der Waals surface area contributed by atoms with Gasteiger partial charge in [-0.3, -0.25) is 0 Å². The van der Waals surface area contributed by atoms with E-state index in [1.807, 2.05) is 11.3 Å². The zero-order chi connectivity index (χ0) is 42.1. The first kappa shape index (κ1) is 36.5. The third kappa shape index (κ3) is 5.88. The van der Waals surface area contributed by atoms with Crippen molar-refractivity contribution in [3.63, 3.8) is 0 Å². The molecule has 300 valence electrons. The van der Waals surface area contributed by atoms with E-state index in [1.165, 1.54) is 91.7 Å². The third-order valence-corrected chi connectivity index (χ3v) is 14.1. The Hall–Kier alpha value is -8.18. The Morgan fingerprint density at radius 2 is 0.656 bits per heavy atom. The second-order valence-electron chi connectivity index (χ2n) is 16.5. The summed E-state index contributed by atoms with van der Waals surface area (Å²) in [5.41, 5.74) is 15.2. The molecule has 0 fully saturated rings. The number of nitrogens with zero attached hydrogens (tertiary/aromatic N) is 3. The van der Waals surface area contributed by atoms with Gasteiger partial charge in [-0.05, 0) is 131 Å². The molecule has 0 atom stereocenters. The van der Waals surface area contributed by atoms with Crippen molar-refractivity contribution in [3.8, 4) is 33.6 Å². The van der Waals surface area contributed by atoms with E-state index >= 15 is 0 Å². The van der Waals surface area contributed by atoms with Crippen LogP contribution in [0, 0.1) is 0 Å². The Morgan fingerprint density at radius 3 is 1.23 bits per heavy atom. The highest BCUT2D eigenvalue weighted by atomic mass is 32.1. The molecule has 0 N–H and O–H groups in total. The molecule has 0 spiro atoms. The Labute approximate surface area is 374 Å². The van der Waals surface area contributed by atoms with E-state index in [2.05, 4.69) is 251 Å². The minimum Gasteiger partial charge on any atom is -0.311 e. The molecule has 0 bridgehead atoms. The number of para-hydroxylation sites is 4. The summed E-state index contributed by atoms with van der Waals surface area (Å²) in [5, 5.41) is 7.65. The van der Waals surface area contributed by atoms with Crippen LogP contribution in [-0.2, 0) is 0 Å². The predicted molar refractivity (Wildman–Crippen MR) is 274 cm³/mol. The Kier molecular flexibility index (Phi) is 8.40. The molecule has 0 aliphatic rings. The number of thiophene rings is 1. The van der Waals surface area contributed by atoms with Crippen molar-refractivity contribution in [1.82, 2.24) is 9.13 Å². The van der Waals surface area contributed by atoms with Gasteiger partial charge in [-0.15, -0.1) is 11.3 Å². The van der Waals surface area contributed by atoms with Gasteiger partial charge in [-0.25, -0.2) is 0 Å². The quantitative estimate of drug-likeness (QED) is 0.156. The van der Waals surface area contributed by atoms with Gasteiger partial charge in [0.25, 0.3) is 0 Å². The van der Waals surface area contributed by atoms with Crippen LogP contribution in [0.3, 0.4) is 0 Å². The van der Waals surface area contributed by atoms with Crippen LogP contribution in [0.5, 0.6) is 0 Å². The molecule has 0 aliphatic carbocycles. The summed E-state index contributed by atoms with van der Waals surface area (Å²) in [4.78, 5) is 2.37. The van der Waals surface area contributed by atoms with Gasteiger partial charge in [0.2, 0.25) is 0 Å². The summed E-state index contributed by atoms with van der Waals surface area (Å²) in [5.74, 6) is 0. The molecule has 0 aliphatic heterocycles. The molecule has 13 rings (SSSR count). The smallest absolute Gasteiger partial charge is 0.0541 e. The fourth-order valence-electron chi connectivity index (χ4n) is 9.92. The fraction of sp³-hybridized carbons (Fsp3) is 0. The van der Waals surface area contributed by atoms with Crippen molar-refractivity contribution in [2.75, 3.05) is 4.90 Å². The number of rotatable bonds is 7. The molecular formula is C60H39N3S. The molecule has 0 unspecified atom stereocenters. The molecule has 10 aromatic carbocycles. The molecule has 64 heavy (non-hydrogen) atoms. The maximum atomic E-state index is 2.38. The van der Waals surface area contributed by atoms with E-state index in [9.17, 15) is 0 Å². The van der Waals surface area contributed by atoms with Crippen molar-refractivity contribution in [3.05, 3.63) is 237 Å². The maximum Gasteiger partial charge on any atom is 0.0541 e. The van der Waals surface area contributed by atoms with Gasteiger partial charge in [0, 0.05) is 70.2 Å². The van der Waals surface area contributed by atoms with Crippen LogP contribution in [0.25, 0.3) is 97.4 Å². The lowest BCUT2D eigenvalue weighted by atomic mass is 10.0. The van der Waals surface area contributed by atoms with E-state index in [1.54, 1.807) is 0 Å². The minimum atomic E-state index is 1.09. The first-order valence-electron chi connectivity index (χ1n) is 21.8. The SMILES string of the molecule is c1ccc(-n2c3ccccc3c3cc(-c4ccc(N(c5ccc(-c6ccc7sc8ccccc8c7c6)cc5)c5ccc(-n6c7ccccc7c7ccccc76)cc5)cc4)ccc32)cc1. The Bertz CT molecular complexity index is 3820. The van der Waals surface area contributed by atoms with Crippen molar-refractivity contribution in [1.29, 1.82) is 0 Å². The lowest BCUT2D eigenvalue weighted by molar-refractivity contribution is 1.17. The maximum absolute atomic E-state index is 2.38. The number of hydrogen-bond acceptors (Lipinski definition) is 2. The average molecular weight is 834 g/mol. The molecule has 0 saturated heterocycles. The summed E-state index contributed by atoms with van der Waals surface area (Å²) in [6, 6.07) is 86.4. The largest absolute Gasteiger partial charge is 0.311 e. The third-order valence-electron chi connectivity index (χ3n) is 12.9. The lowest BCUT2D eigenvalue weighted by Crippen LogP contribution is -2.10. The topological polar surface area (TPSA) is 13.1 Å². The van der Waals surface area contributed by atoms with Crippen LogP contribution in [0.15, 0.2) is 237 Å². The van der Waals surface area contributed by atoms with E-state index in [-0.39, 0.29) is 0 Å². The molecule has 4 heteroatoms.